The van der Waals surface area contributed by atoms with E-state index in [-0.39, 0.29) is 0 Å². The molecule has 0 atom stereocenters. The summed E-state index contributed by atoms with van der Waals surface area (Å²) in [6, 6.07) is 0. The lowest BCUT2D eigenvalue weighted by atomic mass is 11.9. The topological polar surface area (TPSA) is 37.3 Å². The summed E-state index contributed by atoms with van der Waals surface area (Å²) in [6.07, 6.45) is 0. The van der Waals surface area contributed by atoms with E-state index >= 15 is 0 Å². The minimum Gasteiger partial charge on any atom is -0.307 e. The van der Waals surface area contributed by atoms with Gasteiger partial charge in [-0.1, -0.05) is 0 Å². The second-order valence-electron chi connectivity index (χ2n) is 0. The Kier molecular flexibility index (Phi) is 3810. The zero-order chi connectivity index (χ0) is 4.00. The molecule has 0 aliphatic carbocycles. The summed E-state index contributed by atoms with van der Waals surface area (Å²) >= 11 is 3.64. The minimum absolute atomic E-state index is 2.00. The van der Waals surface area contributed by atoms with E-state index in [1.807, 2.05) is 6.79 Å². The fourth-order valence-electron chi connectivity index (χ4n) is 0. The molecule has 2 nitrogen and oxygen atoms in total. The molecule has 0 saturated heterocycles. The van der Waals surface area contributed by atoms with Crippen LogP contribution in [0.2, 0.25) is 0 Å². The number of hydrogen-bond donors (Lipinski definition) is 1. The first-order valence-corrected chi connectivity index (χ1v) is 0.796. The van der Waals surface area contributed by atoms with Crippen LogP contribution < -0.4 is 0 Å². The summed E-state index contributed by atoms with van der Waals surface area (Å²) < 4.78 is 6.47. The van der Waals surface area contributed by atoms with Crippen LogP contribution in [-0.4, -0.2) is 11.4 Å². The quantitative estimate of drug-likeness (QED) is 0.445. The Balaban J connectivity index is 0. The van der Waals surface area contributed by atoms with Crippen molar-refractivity contribution in [3.8, 4) is 0 Å². The second-order valence-corrected chi connectivity index (χ2v) is 0. The molecule has 1 N–H and O–H groups in total. The third-order valence-corrected chi connectivity index (χ3v) is 0. The summed E-state index contributed by atoms with van der Waals surface area (Å²) in [5.74, 6) is 0. The maximum Gasteiger partial charge on any atom is 0.106 e. The third kappa shape index (κ3) is 254. The van der Waals surface area contributed by atoms with E-state index in [0.717, 1.165) is 0 Å². The average molecular weight is 82.5 g/mol. The molecule has 0 bridgehead atoms. The largest absolute Gasteiger partial charge is 0.307 e. The molecule has 26 valence electrons. The highest BCUT2D eigenvalue weighted by atomic mass is 35.5. The molecule has 4 heavy (non-hydrogen) atoms. The van der Waals surface area contributed by atoms with Gasteiger partial charge in [0.2, 0.25) is 0 Å². The van der Waals surface area contributed by atoms with Gasteiger partial charge in [0.15, 0.2) is 0 Å². The molecule has 0 unspecified atom stereocenters. The molecule has 0 amide bonds. The first-order valence-electron chi connectivity index (χ1n) is 0.458. The fraction of sp³-hybridized carbons (Fsp3) is 0. The van der Waals surface area contributed by atoms with E-state index in [1.54, 1.807) is 0 Å². The van der Waals surface area contributed by atoms with Gasteiger partial charge >= 0.3 is 0 Å². The van der Waals surface area contributed by atoms with Crippen LogP contribution in [0.3, 0.4) is 0 Å². The molecule has 0 fully saturated rings. The highest BCUT2D eigenvalue weighted by Gasteiger charge is 0.897. The maximum absolute atomic E-state index is 8.00. The van der Waals surface area contributed by atoms with Crippen LogP contribution in [0.1, 0.15) is 0 Å². The first kappa shape index (κ1) is 9.07. The van der Waals surface area contributed by atoms with Crippen molar-refractivity contribution >= 4 is 18.7 Å². The van der Waals surface area contributed by atoms with Gasteiger partial charge in [0.1, 0.15) is 6.79 Å². The number of hydrogen-bond acceptors (Lipinski definition) is 2. The van der Waals surface area contributed by atoms with Gasteiger partial charge in [0.05, 0.1) is 11.9 Å². The molecule has 0 aromatic rings. The van der Waals surface area contributed by atoms with Gasteiger partial charge in [-0.15, -0.1) is 0 Å². The standard InChI is InChI=1S/CH2O.ClHO/c2*1-2/h1H2;2H. The Morgan fingerprint density at radius 1 is 1.50 bits per heavy atom. The van der Waals surface area contributed by atoms with Crippen molar-refractivity contribution in [1.29, 1.82) is 0 Å². The van der Waals surface area contributed by atoms with Gasteiger partial charge in [0.25, 0.3) is 0 Å². The van der Waals surface area contributed by atoms with E-state index < -0.39 is 0 Å². The zero-order valence-corrected chi connectivity index (χ0v) is 2.70. The van der Waals surface area contributed by atoms with Gasteiger partial charge in [-0.25, -0.2) is 0 Å². The molecular formula is CH3ClO2. The summed E-state index contributed by atoms with van der Waals surface area (Å²) in [5, 5.41) is 0. The molecule has 3 heteroatoms. The van der Waals surface area contributed by atoms with Crippen LogP contribution in [0.15, 0.2) is 0 Å². The van der Waals surface area contributed by atoms with Crippen LogP contribution in [0, 0.1) is 0 Å². The van der Waals surface area contributed by atoms with Crippen LogP contribution in [-0.2, 0) is 4.79 Å². The van der Waals surface area contributed by atoms with Crippen molar-refractivity contribution in [2.24, 2.45) is 0 Å². The van der Waals surface area contributed by atoms with E-state index in [0.29, 0.717) is 0 Å². The van der Waals surface area contributed by atoms with Crippen LogP contribution in [0.4, 0.5) is 0 Å². The smallest absolute Gasteiger partial charge is 0.106 e. The molecular weight excluding hydrogens is 79.5 g/mol. The lowest BCUT2D eigenvalue weighted by Crippen LogP contribution is -0.925. The lowest BCUT2D eigenvalue weighted by molar-refractivity contribution is -0.0979. The Morgan fingerprint density at radius 2 is 1.50 bits per heavy atom. The van der Waals surface area contributed by atoms with E-state index in [1.165, 1.54) is 0 Å². The zero-order valence-electron chi connectivity index (χ0n) is 1.94. The SMILES string of the molecule is C=O.OCl. The van der Waals surface area contributed by atoms with Crippen LogP contribution in [0.5, 0.6) is 0 Å². The number of carbonyl (C=O) groups is 1. The van der Waals surface area contributed by atoms with Crippen molar-refractivity contribution in [1.82, 2.24) is 0 Å². The van der Waals surface area contributed by atoms with Gasteiger partial charge in [-0.2, -0.15) is 0 Å². The van der Waals surface area contributed by atoms with Gasteiger partial charge in [-0.05, 0) is 0 Å². The number of rotatable bonds is 0. The maximum atomic E-state index is 8.00. The number of halogens is 1. The summed E-state index contributed by atoms with van der Waals surface area (Å²) in [5.41, 5.74) is 0. The Labute approximate surface area is 29.2 Å². The summed E-state index contributed by atoms with van der Waals surface area (Å²) in [7, 11) is 0. The normalized spacial score (nSPS) is 2.50. The van der Waals surface area contributed by atoms with Gasteiger partial charge < -0.3 is 4.79 Å². The second kappa shape index (κ2) is 1680. The van der Waals surface area contributed by atoms with Gasteiger partial charge in [0, 0.05) is 0 Å². The van der Waals surface area contributed by atoms with Crippen LogP contribution >= 0.6 is 11.9 Å². The monoisotopic (exact) mass is 82.0 g/mol. The number of carbonyl (C=O) groups excluding carboxylic acids is 1. The molecule has 0 aromatic carbocycles. The molecule has 0 aliphatic heterocycles. The molecule has 0 aromatic heterocycles. The molecule has 0 spiro atoms. The first-order chi connectivity index (χ1) is 2.00. The highest BCUT2D eigenvalue weighted by Crippen LogP contribution is 1.31. The summed E-state index contributed by atoms with van der Waals surface area (Å²) in [4.78, 5) is 8.00. The Morgan fingerprint density at radius 3 is 1.50 bits per heavy atom. The molecule has 0 radical (unpaired) electrons. The molecule has 0 rings (SSSR count). The Hall–Kier alpha value is -0.0800. The lowest BCUT2D eigenvalue weighted by Gasteiger charge is -1.13. The van der Waals surface area contributed by atoms with Crippen molar-refractivity contribution in [2.45, 2.75) is 0 Å². The molecule has 0 heterocycles. The fourth-order valence-corrected chi connectivity index (χ4v) is 0. The van der Waals surface area contributed by atoms with Crippen LogP contribution in [0.25, 0.3) is 0 Å². The third-order valence-electron chi connectivity index (χ3n) is 0. The van der Waals surface area contributed by atoms with Crippen molar-refractivity contribution in [3.63, 3.8) is 0 Å². The van der Waals surface area contributed by atoms with Crippen molar-refractivity contribution in [2.75, 3.05) is 0 Å². The van der Waals surface area contributed by atoms with Gasteiger partial charge in [-0.3, -0.25) is 4.66 Å². The van der Waals surface area contributed by atoms with Crippen molar-refractivity contribution < 1.29 is 9.45 Å². The van der Waals surface area contributed by atoms with Crippen molar-refractivity contribution in [3.05, 3.63) is 0 Å². The van der Waals surface area contributed by atoms with E-state index in [9.17, 15) is 0 Å². The predicted molar refractivity (Wildman–Crippen MR) is 15.2 cm³/mol. The predicted octanol–water partition coefficient (Wildman–Crippen LogP) is -0.0524. The van der Waals surface area contributed by atoms with E-state index in [2.05, 4.69) is 11.9 Å². The average Bonchev–Trinajstić information content (AvgIpc) is 1.50. The Bertz CT molecular complexity index is 6.00. The minimum atomic E-state index is 2.00. The molecule has 0 aliphatic rings. The molecule has 0 saturated carbocycles. The highest BCUT2D eigenvalue weighted by molar-refractivity contribution is 6.04. The summed E-state index contributed by atoms with van der Waals surface area (Å²) in [6.45, 7) is 2.00. The van der Waals surface area contributed by atoms with E-state index in [4.69, 9.17) is 9.45 Å².